The molecule has 1 N–H and O–H groups in total. The Hall–Kier alpha value is -0.0400. The highest BCUT2D eigenvalue weighted by molar-refractivity contribution is 5.05. The van der Waals surface area contributed by atoms with Gasteiger partial charge in [0.2, 0.25) is 0 Å². The van der Waals surface area contributed by atoms with Gasteiger partial charge in [-0.05, 0) is 105 Å². The Morgan fingerprint density at radius 2 is 1.59 bits per heavy atom. The Morgan fingerprint density at radius 3 is 2.37 bits per heavy atom. The summed E-state index contributed by atoms with van der Waals surface area (Å²) in [5.41, 5.74) is 0.675. The molecule has 0 heterocycles. The number of aliphatic hydroxyl groups excluding tert-OH is 1. The zero-order valence-corrected chi connectivity index (χ0v) is 18.9. The van der Waals surface area contributed by atoms with Crippen LogP contribution in [0.2, 0.25) is 0 Å². The molecule has 27 heavy (non-hydrogen) atoms. The van der Waals surface area contributed by atoms with Crippen LogP contribution in [0.25, 0.3) is 0 Å². The third kappa shape index (κ3) is 4.29. The summed E-state index contributed by atoms with van der Waals surface area (Å²) in [7, 11) is 0. The van der Waals surface area contributed by atoms with Crippen LogP contribution >= 0.6 is 0 Å². The monoisotopic (exact) mass is 376 g/mol. The molecular formula is C26H48O. The van der Waals surface area contributed by atoms with Crippen LogP contribution in [0.5, 0.6) is 0 Å². The lowest BCUT2D eigenvalue weighted by Crippen LogP contribution is -2.49. The van der Waals surface area contributed by atoms with Crippen molar-refractivity contribution in [2.24, 2.45) is 40.9 Å². The molecule has 4 aliphatic rings. The molecule has 0 spiro atoms. The number of hydrogen-bond donors (Lipinski definition) is 1. The van der Waals surface area contributed by atoms with Crippen molar-refractivity contribution in [1.82, 2.24) is 0 Å². The van der Waals surface area contributed by atoms with Crippen molar-refractivity contribution in [1.29, 1.82) is 0 Å². The third-order valence-corrected chi connectivity index (χ3v) is 9.53. The fourth-order valence-electron chi connectivity index (χ4n) is 8.23. The molecule has 158 valence electrons. The van der Waals surface area contributed by atoms with Gasteiger partial charge in [0.15, 0.2) is 0 Å². The quantitative estimate of drug-likeness (QED) is 0.489. The SMILES string of the molecule is CC.CCCCCCC1CCC2C3CCC4CC(O)CCC4C3CCC12C. The van der Waals surface area contributed by atoms with E-state index in [4.69, 9.17) is 0 Å². The van der Waals surface area contributed by atoms with Crippen LogP contribution in [0.1, 0.15) is 118 Å². The van der Waals surface area contributed by atoms with Gasteiger partial charge in [0.25, 0.3) is 0 Å². The molecule has 0 amide bonds. The highest BCUT2D eigenvalue weighted by Crippen LogP contribution is 2.64. The van der Waals surface area contributed by atoms with Gasteiger partial charge in [-0.2, -0.15) is 0 Å². The van der Waals surface area contributed by atoms with Crippen molar-refractivity contribution in [2.75, 3.05) is 0 Å². The molecule has 0 aromatic rings. The van der Waals surface area contributed by atoms with E-state index in [2.05, 4.69) is 13.8 Å². The van der Waals surface area contributed by atoms with E-state index in [-0.39, 0.29) is 6.10 Å². The minimum Gasteiger partial charge on any atom is -0.393 e. The Bertz CT molecular complexity index is 445. The summed E-state index contributed by atoms with van der Waals surface area (Å²) >= 11 is 0. The average molecular weight is 377 g/mol. The van der Waals surface area contributed by atoms with Gasteiger partial charge >= 0.3 is 0 Å². The lowest BCUT2D eigenvalue weighted by Gasteiger charge is -2.56. The Balaban J connectivity index is 0.00000102. The summed E-state index contributed by atoms with van der Waals surface area (Å²) in [6, 6.07) is 0. The smallest absolute Gasteiger partial charge is 0.0543 e. The van der Waals surface area contributed by atoms with Crippen LogP contribution in [0.4, 0.5) is 0 Å². The van der Waals surface area contributed by atoms with Gasteiger partial charge in [0.05, 0.1) is 6.10 Å². The van der Waals surface area contributed by atoms with Crippen LogP contribution in [0, 0.1) is 40.9 Å². The van der Waals surface area contributed by atoms with Crippen molar-refractivity contribution < 1.29 is 5.11 Å². The zero-order valence-electron chi connectivity index (χ0n) is 18.9. The first kappa shape index (κ1) is 21.7. The van der Waals surface area contributed by atoms with E-state index in [1.807, 2.05) is 13.8 Å². The van der Waals surface area contributed by atoms with E-state index in [0.717, 1.165) is 48.3 Å². The topological polar surface area (TPSA) is 20.2 Å². The molecule has 4 rings (SSSR count). The fraction of sp³-hybridized carbons (Fsp3) is 1.00. The standard InChI is InChI=1S/C24H42O.C2H6/c1-3-4-5-6-7-18-9-13-23-22-11-8-17-16-19(25)10-12-20(17)21(22)14-15-24(18,23)2;1-2/h17-23,25H,3-16H2,1-2H3;1-2H3. The van der Waals surface area contributed by atoms with Crippen LogP contribution in [-0.4, -0.2) is 11.2 Å². The molecule has 4 aliphatic carbocycles. The lowest BCUT2D eigenvalue weighted by atomic mass is 9.49. The second-order valence-corrected chi connectivity index (χ2v) is 10.6. The van der Waals surface area contributed by atoms with Crippen molar-refractivity contribution in [3.63, 3.8) is 0 Å². The average Bonchev–Trinajstić information content (AvgIpc) is 3.03. The van der Waals surface area contributed by atoms with Gasteiger partial charge in [-0.15, -0.1) is 0 Å². The number of fused-ring (bicyclic) bond motifs is 5. The van der Waals surface area contributed by atoms with Gasteiger partial charge in [0, 0.05) is 0 Å². The van der Waals surface area contributed by atoms with E-state index in [1.54, 1.807) is 0 Å². The molecule has 4 fully saturated rings. The van der Waals surface area contributed by atoms with E-state index in [1.165, 1.54) is 77.0 Å². The molecular weight excluding hydrogens is 328 g/mol. The predicted octanol–water partition coefficient (Wildman–Crippen LogP) is 7.61. The van der Waals surface area contributed by atoms with Gasteiger partial charge < -0.3 is 5.11 Å². The summed E-state index contributed by atoms with van der Waals surface area (Å²) in [5, 5.41) is 10.1. The fourth-order valence-corrected chi connectivity index (χ4v) is 8.23. The molecule has 8 unspecified atom stereocenters. The summed E-state index contributed by atoms with van der Waals surface area (Å²) in [4.78, 5) is 0. The summed E-state index contributed by atoms with van der Waals surface area (Å²) in [6.45, 7) is 9.02. The van der Waals surface area contributed by atoms with Crippen molar-refractivity contribution in [3.05, 3.63) is 0 Å². The highest BCUT2D eigenvalue weighted by atomic mass is 16.3. The minimum absolute atomic E-state index is 0.0191. The van der Waals surface area contributed by atoms with Gasteiger partial charge in [0.1, 0.15) is 0 Å². The van der Waals surface area contributed by atoms with Crippen LogP contribution < -0.4 is 0 Å². The Morgan fingerprint density at radius 1 is 0.815 bits per heavy atom. The summed E-state index contributed by atoms with van der Waals surface area (Å²) in [6.07, 6.45) is 19.8. The van der Waals surface area contributed by atoms with Gasteiger partial charge in [-0.3, -0.25) is 0 Å². The molecule has 1 heteroatoms. The molecule has 0 saturated heterocycles. The number of rotatable bonds is 5. The molecule has 1 nitrogen and oxygen atoms in total. The highest BCUT2D eigenvalue weighted by Gasteiger charge is 2.56. The number of hydrogen-bond acceptors (Lipinski definition) is 1. The summed E-state index contributed by atoms with van der Waals surface area (Å²) < 4.78 is 0. The molecule has 4 saturated carbocycles. The molecule has 0 aromatic heterocycles. The number of aliphatic hydroxyl groups is 1. The minimum atomic E-state index is 0.0191. The maximum absolute atomic E-state index is 10.1. The molecule has 0 aliphatic heterocycles. The van der Waals surface area contributed by atoms with Crippen molar-refractivity contribution >= 4 is 0 Å². The first-order valence-electron chi connectivity index (χ1n) is 12.8. The van der Waals surface area contributed by atoms with Gasteiger partial charge in [-0.25, -0.2) is 0 Å². The first-order valence-corrected chi connectivity index (χ1v) is 12.8. The maximum Gasteiger partial charge on any atom is 0.0543 e. The van der Waals surface area contributed by atoms with E-state index in [0.29, 0.717) is 5.41 Å². The van der Waals surface area contributed by atoms with Crippen molar-refractivity contribution in [2.45, 2.75) is 124 Å². The van der Waals surface area contributed by atoms with E-state index < -0.39 is 0 Å². The van der Waals surface area contributed by atoms with Crippen molar-refractivity contribution in [3.8, 4) is 0 Å². The third-order valence-electron chi connectivity index (χ3n) is 9.53. The molecule has 0 aromatic carbocycles. The Kier molecular flexibility index (Phi) is 7.73. The van der Waals surface area contributed by atoms with E-state index >= 15 is 0 Å². The lowest BCUT2D eigenvalue weighted by molar-refractivity contribution is -0.0778. The second kappa shape index (κ2) is 9.64. The largest absolute Gasteiger partial charge is 0.393 e. The summed E-state index contributed by atoms with van der Waals surface area (Å²) in [5.74, 6) is 5.95. The zero-order chi connectivity index (χ0) is 19.4. The Labute approximate surface area is 170 Å². The van der Waals surface area contributed by atoms with Crippen LogP contribution in [-0.2, 0) is 0 Å². The van der Waals surface area contributed by atoms with Crippen LogP contribution in [0.3, 0.4) is 0 Å². The number of unbranched alkanes of at least 4 members (excludes halogenated alkanes) is 3. The maximum atomic E-state index is 10.1. The van der Waals surface area contributed by atoms with Gasteiger partial charge in [-0.1, -0.05) is 53.4 Å². The predicted molar refractivity (Wildman–Crippen MR) is 117 cm³/mol. The molecule has 0 radical (unpaired) electrons. The first-order chi connectivity index (χ1) is 13.1. The normalized spacial score (nSPS) is 45.9. The second-order valence-electron chi connectivity index (χ2n) is 10.6. The molecule has 8 atom stereocenters. The molecule has 0 bridgehead atoms. The van der Waals surface area contributed by atoms with E-state index in [9.17, 15) is 5.11 Å². The van der Waals surface area contributed by atoms with Crippen LogP contribution in [0.15, 0.2) is 0 Å².